The summed E-state index contributed by atoms with van der Waals surface area (Å²) in [5, 5.41) is 5.19. The summed E-state index contributed by atoms with van der Waals surface area (Å²) in [6, 6.07) is 3.99. The van der Waals surface area contributed by atoms with Crippen molar-refractivity contribution in [2.75, 3.05) is 19.3 Å². The van der Waals surface area contributed by atoms with E-state index < -0.39 is 10.8 Å². The van der Waals surface area contributed by atoms with Gasteiger partial charge in [0.15, 0.2) is 0 Å². The van der Waals surface area contributed by atoms with Crippen molar-refractivity contribution in [2.45, 2.75) is 18.3 Å². The quantitative estimate of drug-likeness (QED) is 0.887. The Labute approximate surface area is 107 Å². The van der Waals surface area contributed by atoms with Crippen molar-refractivity contribution in [1.82, 2.24) is 10.2 Å². The maximum Gasteiger partial charge on any atom is 0.238 e. The van der Waals surface area contributed by atoms with Gasteiger partial charge in [-0.1, -0.05) is 6.07 Å². The van der Waals surface area contributed by atoms with Gasteiger partial charge in [-0.2, -0.15) is 0 Å². The summed E-state index contributed by atoms with van der Waals surface area (Å²) < 4.78 is 11.4. The number of nitrogens with zero attached hydrogens (tertiary/aromatic N) is 1. The standard InChI is InChI=1S/C11H16N2O2S2/c1-8(17(2)15)7-13-10(14)6-12-11(13)9-4-3-5-16-9/h3-5,8,11-12H,6-7H2,1-2H3. The van der Waals surface area contributed by atoms with E-state index in [2.05, 4.69) is 5.32 Å². The monoisotopic (exact) mass is 272 g/mol. The summed E-state index contributed by atoms with van der Waals surface area (Å²) in [5.74, 6) is 0.0840. The summed E-state index contributed by atoms with van der Waals surface area (Å²) in [7, 11) is -0.901. The number of hydrogen-bond acceptors (Lipinski definition) is 4. The van der Waals surface area contributed by atoms with Gasteiger partial charge in [-0.25, -0.2) is 0 Å². The normalized spacial score (nSPS) is 24.0. The molecule has 0 radical (unpaired) electrons. The average molecular weight is 272 g/mol. The molecule has 2 rings (SSSR count). The average Bonchev–Trinajstić information content (AvgIpc) is 2.89. The lowest BCUT2D eigenvalue weighted by molar-refractivity contribution is -0.127. The van der Waals surface area contributed by atoms with E-state index in [1.807, 2.05) is 24.4 Å². The molecule has 2 heterocycles. The van der Waals surface area contributed by atoms with E-state index in [9.17, 15) is 9.00 Å². The van der Waals surface area contributed by atoms with Crippen molar-refractivity contribution in [3.05, 3.63) is 22.4 Å². The lowest BCUT2D eigenvalue weighted by Gasteiger charge is -2.25. The highest BCUT2D eigenvalue weighted by molar-refractivity contribution is 7.84. The van der Waals surface area contributed by atoms with Gasteiger partial charge in [0, 0.05) is 33.7 Å². The van der Waals surface area contributed by atoms with Gasteiger partial charge >= 0.3 is 0 Å². The van der Waals surface area contributed by atoms with Gasteiger partial charge < -0.3 is 4.90 Å². The molecule has 1 aromatic heterocycles. The summed E-state index contributed by atoms with van der Waals surface area (Å²) in [5.41, 5.74) is 0. The highest BCUT2D eigenvalue weighted by atomic mass is 32.2. The van der Waals surface area contributed by atoms with Gasteiger partial charge in [0.05, 0.1) is 6.54 Å². The molecular formula is C11H16N2O2S2. The Balaban J connectivity index is 2.12. The van der Waals surface area contributed by atoms with Crippen LogP contribution in [0.15, 0.2) is 17.5 Å². The molecule has 1 fully saturated rings. The number of thiophene rings is 1. The van der Waals surface area contributed by atoms with Crippen LogP contribution in [-0.2, 0) is 15.6 Å². The van der Waals surface area contributed by atoms with E-state index in [1.165, 1.54) is 0 Å². The fourth-order valence-electron chi connectivity index (χ4n) is 1.83. The van der Waals surface area contributed by atoms with Gasteiger partial charge in [-0.15, -0.1) is 11.3 Å². The van der Waals surface area contributed by atoms with E-state index in [-0.39, 0.29) is 17.3 Å². The van der Waals surface area contributed by atoms with E-state index in [0.29, 0.717) is 13.1 Å². The predicted octanol–water partition coefficient (Wildman–Crippen LogP) is 0.945. The first-order chi connectivity index (χ1) is 8.09. The Morgan fingerprint density at radius 2 is 2.47 bits per heavy atom. The van der Waals surface area contributed by atoms with E-state index in [0.717, 1.165) is 4.88 Å². The van der Waals surface area contributed by atoms with Crippen molar-refractivity contribution in [3.63, 3.8) is 0 Å². The molecule has 4 nitrogen and oxygen atoms in total. The first-order valence-corrected chi connectivity index (χ1v) is 7.98. The Kier molecular flexibility index (Phi) is 3.96. The molecule has 1 aromatic rings. The number of carbonyl (C=O) groups is 1. The van der Waals surface area contributed by atoms with Crippen LogP contribution in [0, 0.1) is 0 Å². The molecule has 0 bridgehead atoms. The Bertz CT molecular complexity index is 419. The third-order valence-corrected chi connectivity index (χ3v) is 5.12. The van der Waals surface area contributed by atoms with Crippen LogP contribution in [0.3, 0.4) is 0 Å². The number of carbonyl (C=O) groups excluding carboxylic acids is 1. The summed E-state index contributed by atoms with van der Waals surface area (Å²) in [4.78, 5) is 14.7. The molecule has 1 N–H and O–H groups in total. The van der Waals surface area contributed by atoms with Crippen molar-refractivity contribution < 1.29 is 9.00 Å². The second kappa shape index (κ2) is 5.29. The lowest BCUT2D eigenvalue weighted by Crippen LogP contribution is -2.36. The molecule has 1 aliphatic rings. The van der Waals surface area contributed by atoms with Gasteiger partial charge in [0.2, 0.25) is 5.91 Å². The molecule has 0 spiro atoms. The summed E-state index contributed by atoms with van der Waals surface area (Å²) in [6.45, 7) is 2.82. The number of nitrogens with one attached hydrogen (secondary N) is 1. The molecule has 94 valence electrons. The highest BCUT2D eigenvalue weighted by Gasteiger charge is 2.33. The smallest absolute Gasteiger partial charge is 0.238 e. The van der Waals surface area contributed by atoms with Crippen molar-refractivity contribution >= 4 is 28.0 Å². The Hall–Kier alpha value is -0.720. The van der Waals surface area contributed by atoms with Crippen LogP contribution in [0.5, 0.6) is 0 Å². The molecule has 3 atom stereocenters. The molecular weight excluding hydrogens is 256 g/mol. The highest BCUT2D eigenvalue weighted by Crippen LogP contribution is 2.26. The maximum absolute atomic E-state index is 11.8. The molecule has 1 amide bonds. The fourth-order valence-corrected chi connectivity index (χ4v) is 3.01. The first-order valence-electron chi connectivity index (χ1n) is 5.48. The topological polar surface area (TPSA) is 49.4 Å². The first kappa shape index (κ1) is 12.7. The van der Waals surface area contributed by atoms with Gasteiger partial charge in [0.25, 0.3) is 0 Å². The molecule has 1 aliphatic heterocycles. The van der Waals surface area contributed by atoms with Crippen LogP contribution in [0.1, 0.15) is 18.0 Å². The minimum atomic E-state index is -0.901. The van der Waals surface area contributed by atoms with E-state index in [4.69, 9.17) is 0 Å². The Morgan fingerprint density at radius 3 is 3.06 bits per heavy atom. The zero-order chi connectivity index (χ0) is 12.4. The van der Waals surface area contributed by atoms with Crippen LogP contribution in [-0.4, -0.2) is 39.6 Å². The van der Waals surface area contributed by atoms with Gasteiger partial charge in [-0.05, 0) is 18.4 Å². The Morgan fingerprint density at radius 1 is 1.71 bits per heavy atom. The SMILES string of the molecule is CC(CN1C(=O)CNC1c1cccs1)S(C)=O. The molecule has 17 heavy (non-hydrogen) atoms. The maximum atomic E-state index is 11.8. The van der Waals surface area contributed by atoms with Crippen LogP contribution >= 0.6 is 11.3 Å². The molecule has 6 heteroatoms. The zero-order valence-electron chi connectivity index (χ0n) is 9.88. The van der Waals surface area contributed by atoms with Crippen molar-refractivity contribution in [3.8, 4) is 0 Å². The molecule has 3 unspecified atom stereocenters. The predicted molar refractivity (Wildman–Crippen MR) is 70.3 cm³/mol. The number of rotatable bonds is 4. The van der Waals surface area contributed by atoms with E-state index in [1.54, 1.807) is 22.5 Å². The molecule has 0 aliphatic carbocycles. The molecule has 0 saturated carbocycles. The largest absolute Gasteiger partial charge is 0.320 e. The van der Waals surface area contributed by atoms with E-state index >= 15 is 0 Å². The second-order valence-electron chi connectivity index (χ2n) is 4.15. The number of amides is 1. The van der Waals surface area contributed by atoms with Crippen LogP contribution in [0.25, 0.3) is 0 Å². The minimum Gasteiger partial charge on any atom is -0.320 e. The minimum absolute atomic E-state index is 0.00122. The lowest BCUT2D eigenvalue weighted by atomic mass is 10.3. The molecule has 1 saturated heterocycles. The number of hydrogen-bond donors (Lipinski definition) is 1. The molecule has 0 aromatic carbocycles. The van der Waals surface area contributed by atoms with Crippen LogP contribution < -0.4 is 5.32 Å². The van der Waals surface area contributed by atoms with Gasteiger partial charge in [-0.3, -0.25) is 14.3 Å². The summed E-state index contributed by atoms with van der Waals surface area (Å²) >= 11 is 1.63. The van der Waals surface area contributed by atoms with Crippen molar-refractivity contribution in [2.24, 2.45) is 0 Å². The van der Waals surface area contributed by atoms with Gasteiger partial charge in [0.1, 0.15) is 6.17 Å². The fraction of sp³-hybridized carbons (Fsp3) is 0.545. The van der Waals surface area contributed by atoms with Crippen molar-refractivity contribution in [1.29, 1.82) is 0 Å². The van der Waals surface area contributed by atoms with Crippen LogP contribution in [0.2, 0.25) is 0 Å². The third-order valence-electron chi connectivity index (χ3n) is 2.91. The third kappa shape index (κ3) is 2.75. The second-order valence-corrected chi connectivity index (χ2v) is 6.94. The zero-order valence-corrected chi connectivity index (χ0v) is 11.5. The van der Waals surface area contributed by atoms with Crippen LogP contribution in [0.4, 0.5) is 0 Å². The summed E-state index contributed by atoms with van der Waals surface area (Å²) in [6.07, 6.45) is 1.63.